The van der Waals surface area contributed by atoms with E-state index in [9.17, 15) is 27.6 Å². The number of carbonyl (C=O) groups is 5. The predicted molar refractivity (Wildman–Crippen MR) is 315 cm³/mol. The van der Waals surface area contributed by atoms with Crippen molar-refractivity contribution in [2.75, 3.05) is 43.5 Å². The van der Waals surface area contributed by atoms with Gasteiger partial charge in [0.05, 0.1) is 35.0 Å². The molecule has 0 radical (unpaired) electrons. The molecule has 4 N–H and O–H groups in total. The fraction of sp³-hybridized carbons (Fsp3) is 0.550. The number of H-pyrrole nitrogens is 1. The van der Waals surface area contributed by atoms with Crippen LogP contribution in [0.4, 0.5) is 22.2 Å². The molecule has 0 unspecified atom stereocenters. The minimum Gasteiger partial charge on any atom is -0.492 e. The lowest BCUT2D eigenvalue weighted by atomic mass is 9.83. The number of rotatable bonds is 15. The number of nitrogens with one attached hydrogen (secondary N) is 4. The maximum Gasteiger partial charge on any atom is 0.410 e. The van der Waals surface area contributed by atoms with Gasteiger partial charge in [-0.2, -0.15) is 5.10 Å². The summed E-state index contributed by atoms with van der Waals surface area (Å²) < 4.78 is 39.1. The van der Waals surface area contributed by atoms with Gasteiger partial charge in [-0.25, -0.2) is 38.1 Å². The molecule has 0 bridgehead atoms. The van der Waals surface area contributed by atoms with E-state index >= 15 is 4.79 Å². The van der Waals surface area contributed by atoms with Gasteiger partial charge in [-0.05, 0) is 143 Å². The monoisotopic (exact) mass is 1160 g/mol. The molecule has 4 aliphatic rings. The number of sulfone groups is 1. The zero-order chi connectivity index (χ0) is 59.5. The molecule has 2 saturated heterocycles. The Hall–Kier alpha value is -7.56. The molecule has 2 aliphatic carbocycles. The SMILES string of the molecule is Cc1[nH]nc(Nc2ncnc3cc(OCC4CCN(c5cnc(C(=O)N[C@H]6C[C@@H](C(=O)/N=C7\CCCc8ccccc87)N(C(=O)[C@@H](NC(=O)[C@H](C)N(C)C(=O)OC(C)(C)C)C7CCCCC7)C6)cn5)CC4)c(S(=O)(=O)C(C)(C)C)cc23)c1C. The first-order chi connectivity index (χ1) is 39.4. The number of amides is 5. The van der Waals surface area contributed by atoms with Crippen molar-refractivity contribution in [3.63, 3.8) is 0 Å². The van der Waals surface area contributed by atoms with E-state index in [0.717, 1.165) is 54.5 Å². The number of hydrogen-bond acceptors (Lipinski definition) is 16. The molecule has 444 valence electrons. The fourth-order valence-corrected chi connectivity index (χ4v) is 12.6. The van der Waals surface area contributed by atoms with Gasteiger partial charge in [-0.1, -0.05) is 43.5 Å². The molecule has 0 spiro atoms. The summed E-state index contributed by atoms with van der Waals surface area (Å²) in [5, 5.41) is 17.1. The van der Waals surface area contributed by atoms with Crippen LogP contribution in [-0.4, -0.2) is 152 Å². The molecule has 83 heavy (non-hydrogen) atoms. The molecule has 5 amide bonds. The number of aromatic amines is 1. The maximum absolute atomic E-state index is 15.1. The Morgan fingerprint density at radius 3 is 2.30 bits per heavy atom. The van der Waals surface area contributed by atoms with Gasteiger partial charge in [0.25, 0.3) is 11.8 Å². The van der Waals surface area contributed by atoms with E-state index in [0.29, 0.717) is 79.3 Å². The Labute approximate surface area is 485 Å². The Bertz CT molecular complexity index is 3380. The number of benzene rings is 2. The highest BCUT2D eigenvalue weighted by Crippen LogP contribution is 2.38. The van der Waals surface area contributed by atoms with Crippen molar-refractivity contribution in [3.05, 3.63) is 83.2 Å². The van der Waals surface area contributed by atoms with Crippen LogP contribution in [0.1, 0.15) is 146 Å². The number of nitrogens with zero attached hydrogens (tertiary/aromatic N) is 9. The number of likely N-dealkylation sites (tertiary alicyclic amines) is 1. The third-order valence-electron chi connectivity index (χ3n) is 16.5. The molecule has 3 fully saturated rings. The number of ether oxygens (including phenoxy) is 2. The Morgan fingerprint density at radius 1 is 0.892 bits per heavy atom. The topological polar surface area (TPSA) is 276 Å². The number of fused-ring (bicyclic) bond motifs is 2. The first kappa shape index (κ1) is 60.0. The predicted octanol–water partition coefficient (Wildman–Crippen LogP) is 7.74. The molecule has 23 heteroatoms. The van der Waals surface area contributed by atoms with Crippen LogP contribution in [0.5, 0.6) is 5.75 Å². The standard InChI is InChI=1S/C60H79N13O9S/c1-35-36(2)69-70-52(35)68-53-43-28-49(83(79,80)60(7,8)9)48(29-45(43)63-34-64-53)81-33-38-23-25-72(26-24-38)50-31-61-46(30-62-50)55(75)65-41-27-47(56(76)66-44-22-16-20-39-17-14-15-21-42(39)44)73(32-41)57(77)51(40-18-12-11-13-19-40)67-54(74)37(3)71(10)58(78)82-59(4,5)6/h14-15,17,21,28-31,34,37-38,40-41,47,51H,11-13,16,18-20,22-27,32-33H2,1-10H3,(H,65,75)(H,67,74)(H2,63,64,68,69,70)/b66-44+/t37-,41-,47-,51-/m0/s1. The van der Waals surface area contributed by atoms with Crippen LogP contribution < -0.4 is 25.6 Å². The second-order valence-corrected chi connectivity index (χ2v) is 27.2. The normalized spacial score (nSPS) is 19.4. The summed E-state index contributed by atoms with van der Waals surface area (Å²) in [4.78, 5) is 98.3. The van der Waals surface area contributed by atoms with Crippen LogP contribution in [0.15, 0.2) is 65.0 Å². The van der Waals surface area contributed by atoms with Gasteiger partial charge in [-0.3, -0.25) is 29.2 Å². The van der Waals surface area contributed by atoms with E-state index in [-0.39, 0.29) is 47.7 Å². The fourth-order valence-electron chi connectivity index (χ4n) is 11.2. The molecule has 9 rings (SSSR count). The summed E-state index contributed by atoms with van der Waals surface area (Å²) in [5.41, 5.74) is 4.22. The summed E-state index contributed by atoms with van der Waals surface area (Å²) >= 11 is 0. The van der Waals surface area contributed by atoms with Crippen LogP contribution in [0.25, 0.3) is 10.9 Å². The van der Waals surface area contributed by atoms with Crippen LogP contribution in [0.3, 0.4) is 0 Å². The minimum absolute atomic E-state index is 0.0213. The zero-order valence-corrected chi connectivity index (χ0v) is 50.2. The number of carbonyl (C=O) groups excluding carboxylic acids is 5. The molecule has 4 atom stereocenters. The van der Waals surface area contributed by atoms with Gasteiger partial charge >= 0.3 is 6.09 Å². The van der Waals surface area contributed by atoms with Crippen molar-refractivity contribution in [3.8, 4) is 5.75 Å². The van der Waals surface area contributed by atoms with E-state index in [1.807, 2.05) is 38.1 Å². The van der Waals surface area contributed by atoms with Crippen LogP contribution in [0, 0.1) is 25.7 Å². The van der Waals surface area contributed by atoms with Crippen molar-refractivity contribution in [2.45, 2.75) is 172 Å². The zero-order valence-electron chi connectivity index (χ0n) is 49.4. The highest BCUT2D eigenvalue weighted by Gasteiger charge is 2.46. The average molecular weight is 1160 g/mol. The first-order valence-electron chi connectivity index (χ1n) is 29.0. The summed E-state index contributed by atoms with van der Waals surface area (Å²) in [6.45, 7) is 17.0. The van der Waals surface area contributed by atoms with Crippen LogP contribution in [0.2, 0.25) is 0 Å². The van der Waals surface area contributed by atoms with Crippen LogP contribution >= 0.6 is 0 Å². The molecule has 22 nitrogen and oxygen atoms in total. The highest BCUT2D eigenvalue weighted by atomic mass is 32.2. The van der Waals surface area contributed by atoms with Gasteiger partial charge in [0.15, 0.2) is 15.7 Å². The number of anilines is 3. The first-order valence-corrected chi connectivity index (χ1v) is 30.4. The highest BCUT2D eigenvalue weighted by molar-refractivity contribution is 7.92. The van der Waals surface area contributed by atoms with E-state index < -0.39 is 74.1 Å². The lowest BCUT2D eigenvalue weighted by molar-refractivity contribution is -0.142. The van der Waals surface area contributed by atoms with Crippen molar-refractivity contribution < 1.29 is 41.9 Å². The molecule has 3 aromatic heterocycles. The molecule has 2 aromatic carbocycles. The quantitative estimate of drug-likeness (QED) is 0.0780. The summed E-state index contributed by atoms with van der Waals surface area (Å²) in [7, 11) is -2.42. The third kappa shape index (κ3) is 13.6. The van der Waals surface area contributed by atoms with E-state index in [1.54, 1.807) is 66.8 Å². The molecule has 2 aliphatic heterocycles. The lowest BCUT2D eigenvalue weighted by Crippen LogP contribution is -2.58. The molecule has 1 saturated carbocycles. The van der Waals surface area contributed by atoms with E-state index in [2.05, 4.69) is 56.0 Å². The number of aliphatic imine (C=N–C) groups is 1. The van der Waals surface area contributed by atoms with Crippen molar-refractivity contribution in [1.82, 2.24) is 50.6 Å². The van der Waals surface area contributed by atoms with Gasteiger partial charge in [0, 0.05) is 55.4 Å². The Balaban J connectivity index is 0.870. The second kappa shape index (κ2) is 24.7. The van der Waals surface area contributed by atoms with Gasteiger partial charge < -0.3 is 35.2 Å². The molecule has 5 heterocycles. The van der Waals surface area contributed by atoms with Crippen molar-refractivity contribution in [2.24, 2.45) is 16.8 Å². The summed E-state index contributed by atoms with van der Waals surface area (Å²) in [6.07, 6.45) is 11.6. The second-order valence-electron chi connectivity index (χ2n) is 24.6. The minimum atomic E-state index is -3.89. The smallest absolute Gasteiger partial charge is 0.410 e. The number of piperidine rings is 1. The number of aryl methyl sites for hydroxylation is 2. The third-order valence-corrected chi connectivity index (χ3v) is 19.0. The number of likely N-dealkylation sites (N-methyl/N-ethyl adjacent to an activating group) is 1. The van der Waals surface area contributed by atoms with Crippen molar-refractivity contribution in [1.29, 1.82) is 0 Å². The molecular formula is C60H79N13O9S. The number of aromatic nitrogens is 6. The largest absolute Gasteiger partial charge is 0.492 e. The van der Waals surface area contributed by atoms with Gasteiger partial charge in [0.2, 0.25) is 11.8 Å². The van der Waals surface area contributed by atoms with Crippen molar-refractivity contribution >= 4 is 73.6 Å². The Kier molecular flexibility index (Phi) is 17.9. The average Bonchev–Trinajstić information content (AvgIpc) is 3.53. The summed E-state index contributed by atoms with van der Waals surface area (Å²) in [6, 6.07) is 7.40. The van der Waals surface area contributed by atoms with Crippen LogP contribution in [-0.2, 0) is 35.4 Å². The van der Waals surface area contributed by atoms with E-state index in [1.165, 1.54) is 29.4 Å². The summed E-state index contributed by atoms with van der Waals surface area (Å²) in [5.74, 6) is -0.384. The van der Waals surface area contributed by atoms with E-state index in [4.69, 9.17) is 9.47 Å². The Morgan fingerprint density at radius 2 is 1.63 bits per heavy atom. The molecule has 5 aromatic rings. The molecular weight excluding hydrogens is 1080 g/mol. The van der Waals surface area contributed by atoms with Gasteiger partial charge in [0.1, 0.15) is 58.0 Å². The number of hydrogen-bond donors (Lipinski definition) is 4. The van der Waals surface area contributed by atoms with Gasteiger partial charge in [-0.15, -0.1) is 0 Å². The maximum atomic E-state index is 15.1. The lowest BCUT2D eigenvalue weighted by Gasteiger charge is -2.35.